The molecule has 0 bridgehead atoms. The number of aliphatic hydroxyl groups is 1. The van der Waals surface area contributed by atoms with Crippen LogP contribution in [0.1, 0.15) is 37.4 Å². The molecule has 0 aliphatic carbocycles. The lowest BCUT2D eigenvalue weighted by atomic mass is 10.0. The Morgan fingerprint density at radius 1 is 1.26 bits per heavy atom. The van der Waals surface area contributed by atoms with Gasteiger partial charge < -0.3 is 19.7 Å². The Morgan fingerprint density at radius 2 is 2.00 bits per heavy atom. The average Bonchev–Trinajstić information content (AvgIpc) is 2.42. The quantitative estimate of drug-likeness (QED) is 0.708. The molecule has 1 rings (SSSR count). The summed E-state index contributed by atoms with van der Waals surface area (Å²) >= 11 is 0. The van der Waals surface area contributed by atoms with Crippen LogP contribution >= 0.6 is 0 Å². The standard InChI is InChI=1S/C14H20O5/c1-18-10-7-8-11(13(9-10)19-2)12(15)5-3-4-6-14(16)17/h7-9,12,15H,3-6H2,1-2H3,(H,16,17). The summed E-state index contributed by atoms with van der Waals surface area (Å²) in [5.41, 5.74) is 0.693. The summed E-state index contributed by atoms with van der Waals surface area (Å²) in [6.45, 7) is 0. The van der Waals surface area contributed by atoms with Gasteiger partial charge in [0.1, 0.15) is 11.5 Å². The maximum Gasteiger partial charge on any atom is 0.303 e. The van der Waals surface area contributed by atoms with Crippen molar-refractivity contribution in [3.05, 3.63) is 23.8 Å². The predicted octanol–water partition coefficient (Wildman–Crippen LogP) is 2.38. The van der Waals surface area contributed by atoms with E-state index < -0.39 is 12.1 Å². The third kappa shape index (κ3) is 4.79. The molecule has 0 aliphatic rings. The summed E-state index contributed by atoms with van der Waals surface area (Å²) in [5.74, 6) is 0.431. The number of aliphatic carboxylic acids is 1. The Kier molecular flexibility index (Phi) is 6.15. The van der Waals surface area contributed by atoms with Crippen molar-refractivity contribution in [1.29, 1.82) is 0 Å². The number of carboxylic acid groups (broad SMARTS) is 1. The summed E-state index contributed by atoms with van der Waals surface area (Å²) in [6, 6.07) is 5.24. The molecule has 0 aliphatic heterocycles. The van der Waals surface area contributed by atoms with Gasteiger partial charge in [-0.3, -0.25) is 4.79 Å². The number of unbranched alkanes of at least 4 members (excludes halogenated alkanes) is 1. The fourth-order valence-corrected chi connectivity index (χ4v) is 1.86. The summed E-state index contributed by atoms with van der Waals surface area (Å²) < 4.78 is 10.3. The smallest absolute Gasteiger partial charge is 0.303 e. The van der Waals surface area contributed by atoms with Crippen molar-refractivity contribution >= 4 is 5.97 Å². The molecule has 5 nitrogen and oxygen atoms in total. The Balaban J connectivity index is 2.60. The van der Waals surface area contributed by atoms with Crippen LogP contribution in [0.2, 0.25) is 0 Å². The highest BCUT2D eigenvalue weighted by Gasteiger charge is 2.14. The van der Waals surface area contributed by atoms with E-state index in [0.29, 0.717) is 36.3 Å². The van der Waals surface area contributed by atoms with Gasteiger partial charge in [0, 0.05) is 18.1 Å². The third-order valence-corrected chi connectivity index (χ3v) is 2.92. The van der Waals surface area contributed by atoms with Gasteiger partial charge in [-0.25, -0.2) is 0 Å². The fraction of sp³-hybridized carbons (Fsp3) is 0.500. The van der Waals surface area contributed by atoms with E-state index in [1.807, 2.05) is 0 Å². The summed E-state index contributed by atoms with van der Waals surface area (Å²) in [6.07, 6.45) is 1.20. The monoisotopic (exact) mass is 268 g/mol. The number of hydrogen-bond acceptors (Lipinski definition) is 4. The lowest BCUT2D eigenvalue weighted by molar-refractivity contribution is -0.137. The Hall–Kier alpha value is -1.75. The van der Waals surface area contributed by atoms with Crippen molar-refractivity contribution < 1.29 is 24.5 Å². The molecular formula is C14H20O5. The second-order valence-electron chi connectivity index (χ2n) is 4.26. The summed E-state index contributed by atoms with van der Waals surface area (Å²) in [7, 11) is 3.10. The number of benzene rings is 1. The van der Waals surface area contributed by atoms with Crippen molar-refractivity contribution in [2.45, 2.75) is 31.8 Å². The average molecular weight is 268 g/mol. The number of aliphatic hydroxyl groups excluding tert-OH is 1. The first-order chi connectivity index (χ1) is 9.08. The third-order valence-electron chi connectivity index (χ3n) is 2.92. The molecule has 2 N–H and O–H groups in total. The highest BCUT2D eigenvalue weighted by Crippen LogP contribution is 2.31. The highest BCUT2D eigenvalue weighted by atomic mass is 16.5. The van der Waals surface area contributed by atoms with E-state index in [0.717, 1.165) is 0 Å². The lowest BCUT2D eigenvalue weighted by Crippen LogP contribution is -2.02. The topological polar surface area (TPSA) is 76.0 Å². The fourth-order valence-electron chi connectivity index (χ4n) is 1.86. The first-order valence-electron chi connectivity index (χ1n) is 6.20. The van der Waals surface area contributed by atoms with E-state index in [1.165, 1.54) is 7.11 Å². The van der Waals surface area contributed by atoms with Gasteiger partial charge >= 0.3 is 5.97 Å². The SMILES string of the molecule is COc1ccc(C(O)CCCCC(=O)O)c(OC)c1. The van der Waals surface area contributed by atoms with E-state index in [1.54, 1.807) is 25.3 Å². The zero-order valence-corrected chi connectivity index (χ0v) is 11.3. The van der Waals surface area contributed by atoms with E-state index in [2.05, 4.69) is 0 Å². The Labute approximate surface area is 112 Å². The second-order valence-corrected chi connectivity index (χ2v) is 4.26. The van der Waals surface area contributed by atoms with Crippen molar-refractivity contribution in [2.75, 3.05) is 14.2 Å². The number of carboxylic acids is 1. The van der Waals surface area contributed by atoms with Gasteiger partial charge in [0.2, 0.25) is 0 Å². The molecule has 1 unspecified atom stereocenters. The van der Waals surface area contributed by atoms with Gasteiger partial charge in [-0.1, -0.05) is 0 Å². The summed E-state index contributed by atoms with van der Waals surface area (Å²) in [4.78, 5) is 10.4. The van der Waals surface area contributed by atoms with E-state index in [9.17, 15) is 9.90 Å². The number of hydrogen-bond donors (Lipinski definition) is 2. The molecule has 0 saturated carbocycles. The number of carbonyl (C=O) groups is 1. The van der Waals surface area contributed by atoms with Crippen LogP contribution in [0, 0.1) is 0 Å². The highest BCUT2D eigenvalue weighted by molar-refractivity contribution is 5.66. The molecule has 0 fully saturated rings. The Morgan fingerprint density at radius 3 is 2.58 bits per heavy atom. The minimum absolute atomic E-state index is 0.131. The number of rotatable bonds is 8. The molecule has 1 aromatic carbocycles. The molecule has 0 spiro atoms. The molecular weight excluding hydrogens is 248 g/mol. The van der Waals surface area contributed by atoms with Crippen LogP contribution < -0.4 is 9.47 Å². The van der Waals surface area contributed by atoms with E-state index >= 15 is 0 Å². The zero-order valence-electron chi connectivity index (χ0n) is 11.3. The molecule has 0 heterocycles. The Bertz CT molecular complexity index is 416. The van der Waals surface area contributed by atoms with Crippen LogP contribution in [0.25, 0.3) is 0 Å². The zero-order chi connectivity index (χ0) is 14.3. The van der Waals surface area contributed by atoms with Crippen LogP contribution in [0.3, 0.4) is 0 Å². The van der Waals surface area contributed by atoms with Crippen molar-refractivity contribution in [3.8, 4) is 11.5 Å². The molecule has 0 aromatic heterocycles. The number of ether oxygens (including phenoxy) is 2. The van der Waals surface area contributed by atoms with Crippen LogP contribution in [-0.4, -0.2) is 30.4 Å². The largest absolute Gasteiger partial charge is 0.497 e. The maximum atomic E-state index is 10.4. The van der Waals surface area contributed by atoms with Crippen molar-refractivity contribution in [2.24, 2.45) is 0 Å². The van der Waals surface area contributed by atoms with E-state index in [4.69, 9.17) is 14.6 Å². The van der Waals surface area contributed by atoms with Gasteiger partial charge in [-0.15, -0.1) is 0 Å². The molecule has 5 heteroatoms. The first kappa shape index (κ1) is 15.3. The van der Waals surface area contributed by atoms with Crippen LogP contribution in [0.4, 0.5) is 0 Å². The second kappa shape index (κ2) is 7.63. The minimum Gasteiger partial charge on any atom is -0.497 e. The van der Waals surface area contributed by atoms with Crippen LogP contribution in [0.5, 0.6) is 11.5 Å². The molecule has 0 amide bonds. The van der Waals surface area contributed by atoms with Crippen LogP contribution in [0.15, 0.2) is 18.2 Å². The van der Waals surface area contributed by atoms with Crippen molar-refractivity contribution in [1.82, 2.24) is 0 Å². The van der Waals surface area contributed by atoms with Gasteiger partial charge in [0.25, 0.3) is 0 Å². The molecule has 106 valence electrons. The van der Waals surface area contributed by atoms with Crippen LogP contribution in [-0.2, 0) is 4.79 Å². The van der Waals surface area contributed by atoms with E-state index in [-0.39, 0.29) is 6.42 Å². The number of methoxy groups -OCH3 is 2. The first-order valence-corrected chi connectivity index (χ1v) is 6.20. The van der Waals surface area contributed by atoms with Gasteiger partial charge in [0.05, 0.1) is 20.3 Å². The maximum absolute atomic E-state index is 10.4. The van der Waals surface area contributed by atoms with Gasteiger partial charge in [0.15, 0.2) is 0 Å². The van der Waals surface area contributed by atoms with Gasteiger partial charge in [-0.2, -0.15) is 0 Å². The normalized spacial score (nSPS) is 11.9. The lowest BCUT2D eigenvalue weighted by Gasteiger charge is -2.15. The molecule has 1 atom stereocenters. The molecule has 19 heavy (non-hydrogen) atoms. The minimum atomic E-state index is -0.809. The predicted molar refractivity (Wildman–Crippen MR) is 70.6 cm³/mol. The van der Waals surface area contributed by atoms with Crippen molar-refractivity contribution in [3.63, 3.8) is 0 Å². The summed E-state index contributed by atoms with van der Waals surface area (Å²) in [5, 5.41) is 18.6. The molecule has 0 radical (unpaired) electrons. The molecule has 1 aromatic rings. The molecule has 0 saturated heterocycles. The van der Waals surface area contributed by atoms with Gasteiger partial charge in [-0.05, 0) is 31.4 Å².